The second-order valence-electron chi connectivity index (χ2n) is 1.95. The van der Waals surface area contributed by atoms with E-state index in [9.17, 15) is 0 Å². The molecule has 0 heterocycles. The van der Waals surface area contributed by atoms with Crippen LogP contribution >= 0.6 is 0 Å². The summed E-state index contributed by atoms with van der Waals surface area (Å²) in [5, 5.41) is 17.8. The molecule has 10 heavy (non-hydrogen) atoms. The molecule has 0 saturated carbocycles. The van der Waals surface area contributed by atoms with Crippen LogP contribution in [0.3, 0.4) is 0 Å². The molecule has 0 aromatic heterocycles. The first-order chi connectivity index (χ1) is 4.72. The number of rotatable bonds is 3. The van der Waals surface area contributed by atoms with E-state index in [1.165, 1.54) is 0 Å². The van der Waals surface area contributed by atoms with E-state index in [2.05, 4.69) is 4.82 Å². The summed E-state index contributed by atoms with van der Waals surface area (Å²) < 4.78 is 0. The Labute approximate surface area is 74.2 Å². The molecule has 0 aromatic carbocycles. The SMILES string of the molecule is CC[C@@H](O)[C@H](O)CC.[CH2]=[Ti]. The van der Waals surface area contributed by atoms with Crippen molar-refractivity contribution in [2.75, 3.05) is 0 Å². The number of aliphatic hydroxyl groups excluding tert-OH is 2. The van der Waals surface area contributed by atoms with Crippen LogP contribution in [0.15, 0.2) is 0 Å². The summed E-state index contributed by atoms with van der Waals surface area (Å²) in [7, 11) is 0. The van der Waals surface area contributed by atoms with Gasteiger partial charge in [-0.15, -0.1) is 0 Å². The summed E-state index contributed by atoms with van der Waals surface area (Å²) in [6.45, 7) is 3.70. The molecule has 0 rings (SSSR count). The Morgan fingerprint density at radius 3 is 1.40 bits per heavy atom. The van der Waals surface area contributed by atoms with Crippen LogP contribution < -0.4 is 0 Å². The molecule has 0 radical (unpaired) electrons. The minimum absolute atomic E-state index is 0.528. The predicted octanol–water partition coefficient (Wildman–Crippen LogP) is 0.493. The second kappa shape index (κ2) is 9.50. The normalized spacial score (nSPS) is 14.7. The Balaban J connectivity index is 0. The van der Waals surface area contributed by atoms with Gasteiger partial charge < -0.3 is 10.2 Å². The third-order valence-electron chi connectivity index (χ3n) is 1.28. The Kier molecular flexibility index (Phi) is 12.5. The van der Waals surface area contributed by atoms with Crippen LogP contribution in [0.1, 0.15) is 26.7 Å². The average molecular weight is 180 g/mol. The first-order valence-electron chi connectivity index (χ1n) is 3.43. The average Bonchev–Trinajstić information content (AvgIpc) is 2.05. The van der Waals surface area contributed by atoms with Gasteiger partial charge in [0.15, 0.2) is 0 Å². The maximum atomic E-state index is 8.88. The molecule has 0 aliphatic carbocycles. The molecular weight excluding hydrogens is 164 g/mol. The number of aliphatic hydroxyl groups is 2. The van der Waals surface area contributed by atoms with Crippen LogP contribution in [-0.2, 0) is 20.0 Å². The van der Waals surface area contributed by atoms with E-state index < -0.39 is 12.2 Å². The Morgan fingerprint density at radius 1 is 1.10 bits per heavy atom. The topological polar surface area (TPSA) is 40.5 Å². The Bertz CT molecular complexity index is 60.6. The monoisotopic (exact) mass is 180 g/mol. The number of hydrogen-bond donors (Lipinski definition) is 2. The minimum atomic E-state index is -0.528. The van der Waals surface area contributed by atoms with Crippen LogP contribution in [0.5, 0.6) is 0 Å². The maximum absolute atomic E-state index is 8.88. The second-order valence-corrected chi connectivity index (χ2v) is 1.95. The molecule has 0 saturated heterocycles. The summed E-state index contributed by atoms with van der Waals surface area (Å²) in [5.41, 5.74) is 0. The molecule has 2 atom stereocenters. The summed E-state index contributed by atoms with van der Waals surface area (Å²) >= 11 is 1.75. The zero-order chi connectivity index (χ0) is 8.57. The molecule has 60 valence electrons. The first kappa shape index (κ1) is 13.1. The molecule has 0 aliphatic heterocycles. The van der Waals surface area contributed by atoms with Gasteiger partial charge in [0.1, 0.15) is 0 Å². The standard InChI is InChI=1S/C6H14O2.CH2.Ti/c1-3-5(7)6(8)4-2;;/h5-8H,3-4H2,1-2H3;1H2;/t5-,6-;;/m1../s1. The van der Waals surface area contributed by atoms with Crippen molar-refractivity contribution < 1.29 is 30.2 Å². The van der Waals surface area contributed by atoms with Crippen molar-refractivity contribution in [2.45, 2.75) is 38.9 Å². The van der Waals surface area contributed by atoms with Gasteiger partial charge in [-0.25, -0.2) is 0 Å². The van der Waals surface area contributed by atoms with E-state index >= 15 is 0 Å². The van der Waals surface area contributed by atoms with E-state index in [0.29, 0.717) is 12.8 Å². The molecule has 0 unspecified atom stereocenters. The van der Waals surface area contributed by atoms with E-state index in [4.69, 9.17) is 10.2 Å². The van der Waals surface area contributed by atoms with Gasteiger partial charge in [0.05, 0.1) is 12.2 Å². The third-order valence-corrected chi connectivity index (χ3v) is 1.28. The predicted molar refractivity (Wildman–Crippen MR) is 39.7 cm³/mol. The molecule has 0 spiro atoms. The van der Waals surface area contributed by atoms with Crippen LogP contribution in [0.2, 0.25) is 0 Å². The molecular formula is C7H16O2Ti. The fraction of sp³-hybridized carbons (Fsp3) is 0.857. The van der Waals surface area contributed by atoms with Crippen molar-refractivity contribution in [3.63, 3.8) is 0 Å². The van der Waals surface area contributed by atoms with Gasteiger partial charge in [0.2, 0.25) is 0 Å². The molecule has 0 aliphatic rings. The van der Waals surface area contributed by atoms with Crippen LogP contribution in [0.4, 0.5) is 0 Å². The first-order valence-corrected chi connectivity index (χ1v) is 4.54. The van der Waals surface area contributed by atoms with E-state index in [1.54, 1.807) is 20.0 Å². The molecule has 0 bridgehead atoms. The van der Waals surface area contributed by atoms with Crippen LogP contribution in [-0.4, -0.2) is 27.2 Å². The molecule has 0 amide bonds. The molecule has 2 nitrogen and oxygen atoms in total. The van der Waals surface area contributed by atoms with Crippen molar-refractivity contribution >= 4 is 4.82 Å². The van der Waals surface area contributed by atoms with Gasteiger partial charge in [-0.1, -0.05) is 13.8 Å². The van der Waals surface area contributed by atoms with Gasteiger partial charge in [-0.3, -0.25) is 0 Å². The third kappa shape index (κ3) is 6.62. The fourth-order valence-corrected chi connectivity index (χ4v) is 0.544. The Morgan fingerprint density at radius 2 is 1.30 bits per heavy atom. The molecule has 3 heteroatoms. The fourth-order valence-electron chi connectivity index (χ4n) is 0.544. The zero-order valence-corrected chi connectivity index (χ0v) is 8.23. The van der Waals surface area contributed by atoms with E-state index in [0.717, 1.165) is 0 Å². The van der Waals surface area contributed by atoms with Gasteiger partial charge in [-0.2, -0.15) is 0 Å². The van der Waals surface area contributed by atoms with Crippen molar-refractivity contribution in [1.82, 2.24) is 0 Å². The summed E-state index contributed by atoms with van der Waals surface area (Å²) in [6, 6.07) is 0. The van der Waals surface area contributed by atoms with Crippen LogP contribution in [0, 0.1) is 0 Å². The van der Waals surface area contributed by atoms with Crippen molar-refractivity contribution in [1.29, 1.82) is 0 Å². The van der Waals surface area contributed by atoms with Gasteiger partial charge >= 0.3 is 24.8 Å². The van der Waals surface area contributed by atoms with Crippen LogP contribution in [0.25, 0.3) is 0 Å². The quantitative estimate of drug-likeness (QED) is 0.620. The van der Waals surface area contributed by atoms with Crippen molar-refractivity contribution in [2.24, 2.45) is 0 Å². The van der Waals surface area contributed by atoms with E-state index in [-0.39, 0.29) is 0 Å². The van der Waals surface area contributed by atoms with E-state index in [1.807, 2.05) is 13.8 Å². The molecule has 2 N–H and O–H groups in total. The summed E-state index contributed by atoms with van der Waals surface area (Å²) in [6.07, 6.45) is 0.212. The zero-order valence-electron chi connectivity index (χ0n) is 6.67. The van der Waals surface area contributed by atoms with Crippen molar-refractivity contribution in [3.8, 4) is 0 Å². The van der Waals surface area contributed by atoms with Crippen molar-refractivity contribution in [3.05, 3.63) is 0 Å². The summed E-state index contributed by atoms with van der Waals surface area (Å²) in [4.78, 5) is 3.25. The molecule has 0 fully saturated rings. The summed E-state index contributed by atoms with van der Waals surface area (Å²) in [5.74, 6) is 0. The molecule has 0 aromatic rings. The van der Waals surface area contributed by atoms with Gasteiger partial charge in [-0.05, 0) is 12.8 Å². The number of hydrogen-bond acceptors (Lipinski definition) is 2. The van der Waals surface area contributed by atoms with Gasteiger partial charge in [0, 0.05) is 0 Å². The van der Waals surface area contributed by atoms with Gasteiger partial charge in [0.25, 0.3) is 0 Å². The Hall–Kier alpha value is 0.504.